The molecule has 2 amide bonds. The van der Waals surface area contributed by atoms with E-state index in [-0.39, 0.29) is 45.7 Å². The topological polar surface area (TPSA) is 125 Å². The van der Waals surface area contributed by atoms with Gasteiger partial charge in [0.1, 0.15) is 23.6 Å². The normalized spacial score (nSPS) is 11.1. The molecule has 0 aliphatic heterocycles. The first-order chi connectivity index (χ1) is 15.5. The molecule has 0 radical (unpaired) electrons. The average molecular weight is 463 g/mol. The van der Waals surface area contributed by atoms with Crippen LogP contribution < -0.4 is 21.5 Å². The lowest BCUT2D eigenvalue weighted by molar-refractivity contribution is -0.139. The van der Waals surface area contributed by atoms with Gasteiger partial charge in [0.2, 0.25) is 0 Å². The number of anilines is 1. The molecule has 0 saturated heterocycles. The number of benzene rings is 2. The molecule has 3 aromatic rings. The fourth-order valence-corrected chi connectivity index (χ4v) is 3.08. The molecule has 5 N–H and O–H groups in total. The summed E-state index contributed by atoms with van der Waals surface area (Å²) in [6.45, 7) is -1.33. The maximum atomic E-state index is 14.0. The number of methoxy groups -OCH3 is 1. The van der Waals surface area contributed by atoms with Crippen LogP contribution in [0.2, 0.25) is 0 Å². The number of fused-ring (bicyclic) bond motifs is 1. The van der Waals surface area contributed by atoms with Gasteiger partial charge in [-0.15, -0.1) is 0 Å². The third-order valence-corrected chi connectivity index (χ3v) is 4.50. The Morgan fingerprint density at radius 1 is 1.15 bits per heavy atom. The lowest BCUT2D eigenvalue weighted by Gasteiger charge is -2.11. The Bertz CT molecular complexity index is 1310. The molecule has 12 heteroatoms. The van der Waals surface area contributed by atoms with Crippen LogP contribution in [0.1, 0.15) is 26.3 Å². The number of carbonyl (C=O) groups excluding carboxylic acids is 2. The third-order valence-electron chi connectivity index (χ3n) is 4.50. The number of carbonyl (C=O) groups is 2. The number of primary amides is 2. The van der Waals surface area contributed by atoms with Crippen LogP contribution in [0.4, 0.5) is 23.2 Å². The molecule has 0 unspecified atom stereocenters. The molecular weight excluding hydrogens is 446 g/mol. The van der Waals surface area contributed by atoms with E-state index < -0.39 is 30.4 Å². The van der Waals surface area contributed by atoms with Crippen molar-refractivity contribution in [2.24, 2.45) is 11.5 Å². The molecule has 172 valence electrons. The highest BCUT2D eigenvalue weighted by Crippen LogP contribution is 2.28. The summed E-state index contributed by atoms with van der Waals surface area (Å²) in [5, 5.41) is 2.80. The molecule has 8 nitrogen and oxygen atoms in total. The summed E-state index contributed by atoms with van der Waals surface area (Å²) in [7, 11) is 1.32. The van der Waals surface area contributed by atoms with Crippen molar-refractivity contribution < 1.29 is 31.9 Å². The van der Waals surface area contributed by atoms with Gasteiger partial charge in [-0.2, -0.15) is 13.2 Å². The highest BCUT2D eigenvalue weighted by molar-refractivity contribution is 6.04. The highest BCUT2D eigenvalue weighted by atomic mass is 19.4. The number of halogens is 4. The molecule has 3 rings (SSSR count). The van der Waals surface area contributed by atoms with E-state index in [4.69, 9.17) is 16.2 Å². The number of aromatic nitrogens is 2. The molecular formula is C21H17F4N5O3. The van der Waals surface area contributed by atoms with Crippen LogP contribution in [-0.4, -0.2) is 41.2 Å². The smallest absolute Gasteiger partial charge is 0.406 e. The van der Waals surface area contributed by atoms with Crippen molar-refractivity contribution in [3.63, 3.8) is 0 Å². The van der Waals surface area contributed by atoms with Crippen molar-refractivity contribution in [2.75, 3.05) is 19.0 Å². The SMILES string of the molecule is COc1cc(C(N)=O)c(F)cc1NCC#Cc1cc(C(N)=O)c2ncn(CC(F)(F)F)c2c1. The van der Waals surface area contributed by atoms with E-state index in [1.807, 2.05) is 0 Å². The molecule has 0 atom stereocenters. The summed E-state index contributed by atoms with van der Waals surface area (Å²) >= 11 is 0. The number of imidazole rings is 1. The minimum atomic E-state index is -4.50. The van der Waals surface area contributed by atoms with Crippen LogP contribution in [0.3, 0.4) is 0 Å². The zero-order chi connectivity index (χ0) is 24.3. The number of hydrogen-bond donors (Lipinski definition) is 3. The second-order valence-electron chi connectivity index (χ2n) is 6.80. The van der Waals surface area contributed by atoms with Crippen molar-refractivity contribution in [3.05, 3.63) is 53.1 Å². The summed E-state index contributed by atoms with van der Waals surface area (Å²) in [5.41, 5.74) is 10.5. The fourth-order valence-electron chi connectivity index (χ4n) is 3.08. The van der Waals surface area contributed by atoms with E-state index in [1.165, 1.54) is 19.2 Å². The maximum absolute atomic E-state index is 14.0. The van der Waals surface area contributed by atoms with E-state index in [0.717, 1.165) is 23.0 Å². The van der Waals surface area contributed by atoms with Crippen LogP contribution >= 0.6 is 0 Å². The van der Waals surface area contributed by atoms with Gasteiger partial charge in [-0.05, 0) is 18.2 Å². The van der Waals surface area contributed by atoms with E-state index in [9.17, 15) is 27.2 Å². The van der Waals surface area contributed by atoms with Gasteiger partial charge in [-0.25, -0.2) is 9.37 Å². The summed E-state index contributed by atoms with van der Waals surface area (Å²) in [6.07, 6.45) is -3.52. The van der Waals surface area contributed by atoms with Gasteiger partial charge >= 0.3 is 6.18 Å². The summed E-state index contributed by atoms with van der Waals surface area (Å²) in [6, 6.07) is 4.84. The van der Waals surface area contributed by atoms with Gasteiger partial charge in [-0.3, -0.25) is 9.59 Å². The van der Waals surface area contributed by atoms with Crippen LogP contribution in [0, 0.1) is 17.7 Å². The van der Waals surface area contributed by atoms with Crippen molar-refractivity contribution in [1.29, 1.82) is 0 Å². The Hall–Kier alpha value is -4.27. The lowest BCUT2D eigenvalue weighted by Crippen LogP contribution is -2.17. The number of hydrogen-bond acceptors (Lipinski definition) is 5. The van der Waals surface area contributed by atoms with Crippen LogP contribution in [0.25, 0.3) is 11.0 Å². The molecule has 0 fully saturated rings. The second kappa shape index (κ2) is 9.07. The Kier molecular flexibility index (Phi) is 6.43. The first-order valence-electron chi connectivity index (χ1n) is 9.25. The molecule has 0 bridgehead atoms. The number of nitrogens with zero attached hydrogens (tertiary/aromatic N) is 2. The number of alkyl halides is 3. The van der Waals surface area contributed by atoms with Gasteiger partial charge in [-0.1, -0.05) is 11.8 Å². The summed E-state index contributed by atoms with van der Waals surface area (Å²) < 4.78 is 58.5. The molecule has 1 heterocycles. The largest absolute Gasteiger partial charge is 0.495 e. The maximum Gasteiger partial charge on any atom is 0.406 e. The molecule has 0 saturated carbocycles. The molecule has 0 aliphatic carbocycles. The van der Waals surface area contributed by atoms with Crippen molar-refractivity contribution in [2.45, 2.75) is 12.7 Å². The molecule has 33 heavy (non-hydrogen) atoms. The minimum absolute atomic E-state index is 0.0303. The second-order valence-corrected chi connectivity index (χ2v) is 6.80. The summed E-state index contributed by atoms with van der Waals surface area (Å²) in [5.74, 6) is 2.90. The molecule has 0 aliphatic rings. The van der Waals surface area contributed by atoms with Gasteiger partial charge in [0.05, 0.1) is 42.3 Å². The Morgan fingerprint density at radius 2 is 1.85 bits per heavy atom. The van der Waals surface area contributed by atoms with Crippen molar-refractivity contribution in [1.82, 2.24) is 9.55 Å². The van der Waals surface area contributed by atoms with E-state index >= 15 is 0 Å². The van der Waals surface area contributed by atoms with Gasteiger partial charge < -0.3 is 26.1 Å². The standard InChI is InChI=1S/C21H17F4N5O3/c1-33-17-7-12(19(26)31)14(22)8-15(17)28-4-2-3-11-5-13(20(27)32)18-16(6-11)30(10-29-18)9-21(23,24)25/h5-8,10,28H,4,9H2,1H3,(H2,26,31)(H2,27,32). The molecule has 1 aromatic heterocycles. The van der Waals surface area contributed by atoms with E-state index in [2.05, 4.69) is 22.1 Å². The number of amides is 2. The van der Waals surface area contributed by atoms with Crippen LogP contribution in [0.15, 0.2) is 30.6 Å². The van der Waals surface area contributed by atoms with E-state index in [0.29, 0.717) is 0 Å². The van der Waals surface area contributed by atoms with Crippen molar-refractivity contribution >= 4 is 28.5 Å². The first kappa shape index (κ1) is 23.4. The first-order valence-corrected chi connectivity index (χ1v) is 9.25. The lowest BCUT2D eigenvalue weighted by atomic mass is 10.1. The molecule has 2 aromatic carbocycles. The van der Waals surface area contributed by atoms with Crippen molar-refractivity contribution in [3.8, 4) is 17.6 Å². The summed E-state index contributed by atoms with van der Waals surface area (Å²) in [4.78, 5) is 26.9. The highest BCUT2D eigenvalue weighted by Gasteiger charge is 2.29. The van der Waals surface area contributed by atoms with Crippen LogP contribution in [-0.2, 0) is 6.54 Å². The quantitative estimate of drug-likeness (QED) is 0.383. The van der Waals surface area contributed by atoms with E-state index in [1.54, 1.807) is 0 Å². The third kappa shape index (κ3) is 5.32. The Balaban J connectivity index is 1.88. The Morgan fingerprint density at radius 3 is 2.45 bits per heavy atom. The number of nitrogens with two attached hydrogens (primary N) is 2. The predicted octanol–water partition coefficient (Wildman–Crippen LogP) is 2.41. The number of nitrogens with one attached hydrogen (secondary N) is 1. The average Bonchev–Trinajstić information content (AvgIpc) is 3.11. The zero-order valence-electron chi connectivity index (χ0n) is 17.1. The number of rotatable bonds is 6. The Labute approximate surface area is 184 Å². The van der Waals surface area contributed by atoms with Gasteiger partial charge in [0.25, 0.3) is 11.8 Å². The number of ether oxygens (including phenoxy) is 1. The zero-order valence-corrected chi connectivity index (χ0v) is 17.1. The monoisotopic (exact) mass is 463 g/mol. The van der Waals surface area contributed by atoms with Crippen LogP contribution in [0.5, 0.6) is 5.75 Å². The van der Waals surface area contributed by atoms with Gasteiger partial charge in [0.15, 0.2) is 0 Å². The minimum Gasteiger partial charge on any atom is -0.495 e. The molecule has 0 spiro atoms. The predicted molar refractivity (Wildman–Crippen MR) is 111 cm³/mol. The fraction of sp³-hybridized carbons (Fsp3) is 0.190. The van der Waals surface area contributed by atoms with Gasteiger partial charge in [0, 0.05) is 11.6 Å².